The van der Waals surface area contributed by atoms with E-state index in [0.29, 0.717) is 29.6 Å². The van der Waals surface area contributed by atoms with Crippen molar-refractivity contribution in [3.8, 4) is 0 Å². The van der Waals surface area contributed by atoms with E-state index in [9.17, 15) is 9.59 Å². The molecule has 0 aliphatic heterocycles. The van der Waals surface area contributed by atoms with Crippen LogP contribution in [-0.2, 0) is 11.2 Å². The monoisotopic (exact) mass is 256 g/mol. The molecule has 0 unspecified atom stereocenters. The summed E-state index contributed by atoms with van der Waals surface area (Å²) in [6.45, 7) is 5.72. The lowest BCUT2D eigenvalue weighted by Gasteiger charge is -2.01. The number of amides is 1. The van der Waals surface area contributed by atoms with E-state index in [-0.39, 0.29) is 10.8 Å². The molecule has 0 aliphatic carbocycles. The third kappa shape index (κ3) is 3.81. The summed E-state index contributed by atoms with van der Waals surface area (Å²) in [4.78, 5) is 26.6. The lowest BCUT2D eigenvalue weighted by Crippen LogP contribution is -2.09. The van der Waals surface area contributed by atoms with E-state index in [4.69, 9.17) is 5.11 Å². The molecule has 0 saturated carbocycles. The average molecular weight is 256 g/mol. The molecule has 94 valence electrons. The van der Waals surface area contributed by atoms with Gasteiger partial charge in [0.05, 0.1) is 5.69 Å². The van der Waals surface area contributed by atoms with E-state index in [1.54, 1.807) is 6.92 Å². The number of nitrogens with zero attached hydrogens (tertiary/aromatic N) is 1. The summed E-state index contributed by atoms with van der Waals surface area (Å²) in [6.07, 6.45) is 0.946. The fourth-order valence-corrected chi connectivity index (χ4v) is 2.15. The summed E-state index contributed by atoms with van der Waals surface area (Å²) in [5.41, 5.74) is 0.545. The molecule has 1 rings (SSSR count). The molecule has 0 radical (unpaired) electrons. The van der Waals surface area contributed by atoms with Crippen LogP contribution >= 0.6 is 11.3 Å². The van der Waals surface area contributed by atoms with Crippen molar-refractivity contribution in [2.24, 2.45) is 5.92 Å². The largest absolute Gasteiger partial charge is 0.477 e. The third-order valence-electron chi connectivity index (χ3n) is 2.06. The number of aromatic nitrogens is 1. The number of hydrogen-bond acceptors (Lipinski definition) is 4. The molecular weight excluding hydrogens is 240 g/mol. The minimum atomic E-state index is -0.991. The number of carbonyl (C=O) groups excluding carboxylic acids is 1. The molecule has 1 amide bonds. The molecule has 2 N–H and O–H groups in total. The average Bonchev–Trinajstić information content (AvgIpc) is 2.59. The van der Waals surface area contributed by atoms with E-state index >= 15 is 0 Å². The van der Waals surface area contributed by atoms with E-state index < -0.39 is 5.97 Å². The molecule has 0 aromatic carbocycles. The van der Waals surface area contributed by atoms with Crippen molar-refractivity contribution < 1.29 is 14.7 Å². The van der Waals surface area contributed by atoms with Gasteiger partial charge in [-0.15, -0.1) is 0 Å². The van der Waals surface area contributed by atoms with Gasteiger partial charge in [-0.25, -0.2) is 9.78 Å². The zero-order chi connectivity index (χ0) is 13.0. The van der Waals surface area contributed by atoms with Crippen molar-refractivity contribution >= 4 is 28.3 Å². The highest BCUT2D eigenvalue weighted by Gasteiger charge is 2.18. The predicted octanol–water partition coefficient (Wildman–Crippen LogP) is 2.39. The first-order valence-corrected chi connectivity index (χ1v) is 6.28. The van der Waals surface area contributed by atoms with Crippen LogP contribution in [0.25, 0.3) is 0 Å². The van der Waals surface area contributed by atoms with Gasteiger partial charge in [0.1, 0.15) is 4.88 Å². The Morgan fingerprint density at radius 2 is 2.12 bits per heavy atom. The summed E-state index contributed by atoms with van der Waals surface area (Å²) in [6, 6.07) is 0. The van der Waals surface area contributed by atoms with Crippen molar-refractivity contribution in [1.82, 2.24) is 4.98 Å². The Hall–Kier alpha value is -1.43. The predicted molar refractivity (Wildman–Crippen MR) is 66.5 cm³/mol. The van der Waals surface area contributed by atoms with Gasteiger partial charge in [-0.2, -0.15) is 0 Å². The SMILES string of the molecule is CCC(=O)Nc1nc(CC(C)C)c(C(=O)O)s1. The highest BCUT2D eigenvalue weighted by molar-refractivity contribution is 7.17. The third-order valence-corrected chi connectivity index (χ3v) is 3.06. The number of carboxylic acids is 1. The number of rotatable bonds is 5. The molecule has 6 heteroatoms. The molecule has 1 aromatic rings. The second-order valence-corrected chi connectivity index (χ2v) is 5.10. The number of aromatic carboxylic acids is 1. The summed E-state index contributed by atoms with van der Waals surface area (Å²) in [5, 5.41) is 12.0. The Morgan fingerprint density at radius 1 is 1.47 bits per heavy atom. The van der Waals surface area contributed by atoms with Crippen molar-refractivity contribution in [2.75, 3.05) is 5.32 Å². The summed E-state index contributed by atoms with van der Waals surface area (Å²) in [7, 11) is 0. The highest BCUT2D eigenvalue weighted by Crippen LogP contribution is 2.25. The van der Waals surface area contributed by atoms with Gasteiger partial charge in [-0.1, -0.05) is 32.1 Å². The first-order chi connectivity index (χ1) is 7.93. The standard InChI is InChI=1S/C11H16N2O3S/c1-4-8(14)13-11-12-7(5-6(2)3)9(17-11)10(15)16/h6H,4-5H2,1-3H3,(H,15,16)(H,12,13,14). The highest BCUT2D eigenvalue weighted by atomic mass is 32.1. The van der Waals surface area contributed by atoms with Crippen molar-refractivity contribution in [3.05, 3.63) is 10.6 Å². The molecule has 1 aromatic heterocycles. The van der Waals surface area contributed by atoms with Crippen molar-refractivity contribution in [2.45, 2.75) is 33.6 Å². The van der Waals surface area contributed by atoms with Crippen LogP contribution in [0.5, 0.6) is 0 Å². The number of hydrogen-bond donors (Lipinski definition) is 2. The summed E-state index contributed by atoms with van der Waals surface area (Å²) >= 11 is 1.01. The van der Waals surface area contributed by atoms with Gasteiger partial charge < -0.3 is 10.4 Å². The van der Waals surface area contributed by atoms with Crippen LogP contribution < -0.4 is 5.32 Å². The topological polar surface area (TPSA) is 79.3 Å². The first-order valence-electron chi connectivity index (χ1n) is 5.46. The van der Waals surface area contributed by atoms with E-state index in [1.165, 1.54) is 0 Å². The lowest BCUT2D eigenvalue weighted by atomic mass is 10.1. The zero-order valence-electron chi connectivity index (χ0n) is 10.1. The molecule has 1 heterocycles. The Balaban J connectivity index is 2.95. The van der Waals surface area contributed by atoms with Crippen LogP contribution in [0, 0.1) is 5.92 Å². The minimum absolute atomic E-state index is 0.160. The van der Waals surface area contributed by atoms with E-state index in [1.807, 2.05) is 13.8 Å². The zero-order valence-corrected chi connectivity index (χ0v) is 10.9. The van der Waals surface area contributed by atoms with E-state index in [2.05, 4.69) is 10.3 Å². The van der Waals surface area contributed by atoms with Gasteiger partial charge in [-0.3, -0.25) is 4.79 Å². The molecular formula is C11H16N2O3S. The van der Waals surface area contributed by atoms with Gasteiger partial charge in [0.2, 0.25) is 5.91 Å². The van der Waals surface area contributed by atoms with Crippen LogP contribution in [0.2, 0.25) is 0 Å². The van der Waals surface area contributed by atoms with Crippen LogP contribution in [0.15, 0.2) is 0 Å². The fraction of sp³-hybridized carbons (Fsp3) is 0.545. The number of carbonyl (C=O) groups is 2. The lowest BCUT2D eigenvalue weighted by molar-refractivity contribution is -0.115. The Labute approximate surface area is 104 Å². The van der Waals surface area contributed by atoms with E-state index in [0.717, 1.165) is 11.3 Å². The maximum absolute atomic E-state index is 11.2. The Bertz CT molecular complexity index is 426. The Morgan fingerprint density at radius 3 is 2.59 bits per heavy atom. The number of carboxylic acid groups (broad SMARTS) is 1. The van der Waals surface area contributed by atoms with Gasteiger partial charge >= 0.3 is 5.97 Å². The van der Waals surface area contributed by atoms with Crippen LogP contribution in [0.3, 0.4) is 0 Å². The molecule has 0 fully saturated rings. The molecule has 0 spiro atoms. The van der Waals surface area contributed by atoms with Crippen molar-refractivity contribution in [3.63, 3.8) is 0 Å². The van der Waals surface area contributed by atoms with Gasteiger partial charge in [0.25, 0.3) is 0 Å². The second kappa shape index (κ2) is 5.77. The first kappa shape index (κ1) is 13.6. The molecule has 0 aliphatic rings. The summed E-state index contributed by atoms with van der Waals surface area (Å²) < 4.78 is 0. The molecule has 0 atom stereocenters. The van der Waals surface area contributed by atoms with Gasteiger partial charge in [-0.05, 0) is 12.3 Å². The smallest absolute Gasteiger partial charge is 0.347 e. The van der Waals surface area contributed by atoms with Crippen LogP contribution in [-0.4, -0.2) is 22.0 Å². The van der Waals surface area contributed by atoms with Crippen LogP contribution in [0.1, 0.15) is 42.6 Å². The van der Waals surface area contributed by atoms with Gasteiger partial charge in [0, 0.05) is 6.42 Å². The molecule has 0 saturated heterocycles. The second-order valence-electron chi connectivity index (χ2n) is 4.10. The number of anilines is 1. The summed E-state index contributed by atoms with van der Waals surface area (Å²) in [5.74, 6) is -0.827. The normalized spacial score (nSPS) is 10.6. The number of thiazole rings is 1. The maximum Gasteiger partial charge on any atom is 0.347 e. The molecule has 0 bridgehead atoms. The van der Waals surface area contributed by atoms with Crippen LogP contribution in [0.4, 0.5) is 5.13 Å². The maximum atomic E-state index is 11.2. The number of nitrogens with one attached hydrogen (secondary N) is 1. The van der Waals surface area contributed by atoms with Gasteiger partial charge in [0.15, 0.2) is 5.13 Å². The molecule has 5 nitrogen and oxygen atoms in total. The minimum Gasteiger partial charge on any atom is -0.477 e. The van der Waals surface area contributed by atoms with Crippen molar-refractivity contribution in [1.29, 1.82) is 0 Å². The quantitative estimate of drug-likeness (QED) is 0.847. The molecule has 17 heavy (non-hydrogen) atoms. The Kier molecular flexibility index (Phi) is 4.62. The fourth-order valence-electron chi connectivity index (χ4n) is 1.31.